The molecule has 0 aromatic carbocycles. The Morgan fingerprint density at radius 3 is 2.71 bits per heavy atom. The Hall–Kier alpha value is 0.180. The van der Waals surface area contributed by atoms with E-state index >= 15 is 0 Å². The van der Waals surface area contributed by atoms with Gasteiger partial charge in [0, 0.05) is 0 Å². The molecule has 0 aromatic rings. The van der Waals surface area contributed by atoms with E-state index in [1.54, 1.807) is 11.8 Å². The van der Waals surface area contributed by atoms with Crippen molar-refractivity contribution in [2.45, 2.75) is 6.42 Å². The van der Waals surface area contributed by atoms with Crippen LogP contribution in [0.2, 0.25) is 0 Å². The molecule has 0 spiro atoms. The van der Waals surface area contributed by atoms with Crippen LogP contribution < -0.4 is 0 Å². The topological polar surface area (TPSA) is 23.8 Å². The molecule has 0 aliphatic heterocycles. The van der Waals surface area contributed by atoms with Crippen LogP contribution in [0.5, 0.6) is 0 Å². The van der Waals surface area contributed by atoms with Gasteiger partial charge in [-0.1, -0.05) is 6.42 Å². The molecule has 0 atom stereocenters. The highest BCUT2D eigenvalue weighted by Gasteiger charge is 1.81. The largest absolute Gasteiger partial charge is 0.677 e. The molecule has 42 valence electrons. The second kappa shape index (κ2) is 6.18. The van der Waals surface area contributed by atoms with E-state index in [0.717, 1.165) is 17.9 Å². The highest BCUT2D eigenvalue weighted by molar-refractivity contribution is 7.99. The van der Waals surface area contributed by atoms with E-state index in [1.165, 1.54) is 0 Å². The number of nitrogens with one attached hydrogen (secondary N) is 1. The first-order chi connectivity index (χ1) is 3.41. The van der Waals surface area contributed by atoms with Crippen molar-refractivity contribution in [3.05, 3.63) is 12.7 Å². The lowest BCUT2D eigenvalue weighted by atomic mass is 10.5. The fourth-order valence-corrected chi connectivity index (χ4v) is 0.829. The molecule has 0 heterocycles. The normalized spacial score (nSPS) is 9.29. The van der Waals surface area contributed by atoms with Gasteiger partial charge in [0.1, 0.15) is 5.75 Å². The lowest BCUT2D eigenvalue weighted by Crippen LogP contribution is -1.80. The molecule has 2 heteroatoms. The van der Waals surface area contributed by atoms with Crippen LogP contribution in [0, 0.1) is 6.92 Å². The zero-order valence-corrected chi connectivity index (χ0v) is 5.26. The first-order valence-corrected chi connectivity index (χ1v) is 3.59. The standard InChI is InChI=1S/C5H11NS/c1-2-7-5-3-4-6/h6H,1-5H2. The quantitative estimate of drug-likeness (QED) is 0.408. The average molecular weight is 117 g/mol. The van der Waals surface area contributed by atoms with Gasteiger partial charge in [-0.15, -0.1) is 11.8 Å². The van der Waals surface area contributed by atoms with Crippen LogP contribution in [0.3, 0.4) is 0 Å². The lowest BCUT2D eigenvalue weighted by Gasteiger charge is -1.95. The summed E-state index contributed by atoms with van der Waals surface area (Å²) in [6.45, 7) is 4.22. The van der Waals surface area contributed by atoms with Crippen molar-refractivity contribution in [2.75, 3.05) is 18.1 Å². The van der Waals surface area contributed by atoms with Gasteiger partial charge in [-0.3, -0.25) is 0 Å². The van der Waals surface area contributed by atoms with E-state index in [4.69, 9.17) is 5.73 Å². The summed E-state index contributed by atoms with van der Waals surface area (Å²) in [5.41, 5.74) is 6.75. The highest BCUT2D eigenvalue weighted by Crippen LogP contribution is 1.99. The minimum Gasteiger partial charge on any atom is -0.677 e. The van der Waals surface area contributed by atoms with E-state index in [2.05, 4.69) is 6.92 Å². The van der Waals surface area contributed by atoms with Crippen LogP contribution in [0.4, 0.5) is 0 Å². The van der Waals surface area contributed by atoms with Crippen LogP contribution in [-0.4, -0.2) is 18.1 Å². The van der Waals surface area contributed by atoms with Crippen molar-refractivity contribution in [1.82, 2.24) is 0 Å². The molecule has 7 heavy (non-hydrogen) atoms. The lowest BCUT2D eigenvalue weighted by molar-refractivity contribution is 1.06. The third-order valence-electron chi connectivity index (χ3n) is 0.610. The van der Waals surface area contributed by atoms with Gasteiger partial charge in [0.2, 0.25) is 0 Å². The highest BCUT2D eigenvalue weighted by atomic mass is 32.2. The molecule has 0 rings (SSSR count). The molecule has 0 aliphatic carbocycles. The van der Waals surface area contributed by atoms with Crippen molar-refractivity contribution < 1.29 is 0 Å². The van der Waals surface area contributed by atoms with Crippen LogP contribution in [0.1, 0.15) is 6.42 Å². The Morgan fingerprint density at radius 2 is 2.29 bits per heavy atom. The Balaban J connectivity index is 2.45. The Kier molecular flexibility index (Phi) is 6.34. The third-order valence-corrected chi connectivity index (χ3v) is 1.48. The van der Waals surface area contributed by atoms with E-state index in [1.807, 2.05) is 0 Å². The number of thioether (sulfide) groups is 1. The summed E-state index contributed by atoms with van der Waals surface area (Å²) in [5.74, 6) is 2.05. The predicted molar refractivity (Wildman–Crippen MR) is 36.5 cm³/mol. The second-order valence-electron chi connectivity index (χ2n) is 1.22. The van der Waals surface area contributed by atoms with Gasteiger partial charge in [-0.25, -0.2) is 0 Å². The summed E-state index contributed by atoms with van der Waals surface area (Å²) in [7, 11) is 0. The summed E-state index contributed by atoms with van der Waals surface area (Å²) in [4.78, 5) is 0. The van der Waals surface area contributed by atoms with Crippen molar-refractivity contribution in [3.63, 3.8) is 0 Å². The van der Waals surface area contributed by atoms with Gasteiger partial charge in [0.15, 0.2) is 0 Å². The van der Waals surface area contributed by atoms with Crippen molar-refractivity contribution in [3.8, 4) is 0 Å². The zero-order chi connectivity index (χ0) is 5.54. The molecular formula is C5H11NS. The molecule has 0 aliphatic rings. The van der Waals surface area contributed by atoms with Gasteiger partial charge < -0.3 is 5.73 Å². The summed E-state index contributed by atoms with van der Waals surface area (Å²) in [5, 5.41) is 0. The molecule has 0 unspecified atom stereocenters. The monoisotopic (exact) mass is 117 g/mol. The van der Waals surface area contributed by atoms with Crippen molar-refractivity contribution >= 4 is 11.8 Å². The minimum atomic E-state index is 0.562. The number of rotatable bonds is 4. The van der Waals surface area contributed by atoms with Gasteiger partial charge >= 0.3 is 0 Å². The molecule has 0 amide bonds. The number of hydrogen-bond acceptors (Lipinski definition) is 1. The van der Waals surface area contributed by atoms with E-state index in [-0.39, 0.29) is 0 Å². The van der Waals surface area contributed by atoms with Gasteiger partial charge in [0.05, 0.1) is 6.92 Å². The van der Waals surface area contributed by atoms with Crippen LogP contribution in [0.25, 0.3) is 5.73 Å². The van der Waals surface area contributed by atoms with Crippen molar-refractivity contribution in [1.29, 1.82) is 0 Å². The van der Waals surface area contributed by atoms with Crippen LogP contribution in [-0.2, 0) is 0 Å². The van der Waals surface area contributed by atoms with Gasteiger partial charge in [-0.2, -0.15) is 6.54 Å². The smallest absolute Gasteiger partial charge is 0.130 e. The fourth-order valence-electron chi connectivity index (χ4n) is 0.276. The predicted octanol–water partition coefficient (Wildman–Crippen LogP) is 2.00. The molecule has 0 fully saturated rings. The molecule has 0 bridgehead atoms. The SMILES string of the molecule is [CH2+]CSCCC[NH-]. The maximum Gasteiger partial charge on any atom is 0.130 e. The fraction of sp³-hybridized carbons (Fsp3) is 0.800. The van der Waals surface area contributed by atoms with E-state index < -0.39 is 0 Å². The summed E-state index contributed by atoms with van der Waals surface area (Å²) in [6.07, 6.45) is 1.01. The Morgan fingerprint density at radius 1 is 1.57 bits per heavy atom. The summed E-state index contributed by atoms with van der Waals surface area (Å²) >= 11 is 1.80. The maximum atomic E-state index is 6.75. The average Bonchev–Trinajstić information content (AvgIpc) is 1.69. The van der Waals surface area contributed by atoms with Gasteiger partial charge in [-0.05, 0) is 5.75 Å². The molecule has 0 saturated heterocycles. The molecule has 1 nitrogen and oxygen atoms in total. The molecule has 0 radical (unpaired) electrons. The second-order valence-corrected chi connectivity index (χ2v) is 2.44. The zero-order valence-electron chi connectivity index (χ0n) is 4.44. The van der Waals surface area contributed by atoms with Crippen LogP contribution >= 0.6 is 11.8 Å². The maximum absolute atomic E-state index is 6.75. The van der Waals surface area contributed by atoms with E-state index in [0.29, 0.717) is 6.54 Å². The van der Waals surface area contributed by atoms with Crippen molar-refractivity contribution in [2.24, 2.45) is 0 Å². The van der Waals surface area contributed by atoms with E-state index in [9.17, 15) is 0 Å². The third kappa shape index (κ3) is 6.18. The minimum absolute atomic E-state index is 0.562. The summed E-state index contributed by atoms with van der Waals surface area (Å²) in [6, 6.07) is 0. The molecule has 0 aromatic heterocycles. The Bertz CT molecular complexity index is 27.3. The van der Waals surface area contributed by atoms with Crippen LogP contribution in [0.15, 0.2) is 0 Å². The molecule has 0 saturated carbocycles. The first kappa shape index (κ1) is 7.18. The number of hydrogen-bond donors (Lipinski definition) is 0. The van der Waals surface area contributed by atoms with Gasteiger partial charge in [0.25, 0.3) is 0 Å². The molecular weight excluding hydrogens is 106 g/mol. The molecule has 1 N–H and O–H groups in total. The Labute approximate surface area is 49.7 Å². The summed E-state index contributed by atoms with van der Waals surface area (Å²) < 4.78 is 0. The first-order valence-electron chi connectivity index (χ1n) is 2.43.